The van der Waals surface area contributed by atoms with E-state index in [-0.39, 0.29) is 34.5 Å². The van der Waals surface area contributed by atoms with Gasteiger partial charge in [0.05, 0.1) is 16.5 Å². The summed E-state index contributed by atoms with van der Waals surface area (Å²) in [4.78, 5) is 22.0. The highest BCUT2D eigenvalue weighted by Crippen LogP contribution is 2.22. The Balaban J connectivity index is 2.33. The minimum absolute atomic E-state index is 0.125. The summed E-state index contributed by atoms with van der Waals surface area (Å²) in [6.07, 6.45) is 0.232. The van der Waals surface area contributed by atoms with Gasteiger partial charge in [-0.15, -0.1) is 0 Å². The normalized spacial score (nSPS) is 18.6. The third kappa shape index (κ3) is 3.06. The number of rotatable bonds is 4. The summed E-state index contributed by atoms with van der Waals surface area (Å²) in [5.74, 6) is -1.41. The summed E-state index contributed by atoms with van der Waals surface area (Å²) in [6, 6.07) is 3.30. The fourth-order valence-corrected chi connectivity index (χ4v) is 2.47. The Kier molecular flexibility index (Phi) is 3.64. The zero-order valence-corrected chi connectivity index (χ0v) is 11.1. The third-order valence-corrected chi connectivity index (χ3v) is 3.80. The first-order valence-corrected chi connectivity index (χ1v) is 7.25. The van der Waals surface area contributed by atoms with Crippen LogP contribution in [0, 0.1) is 0 Å². The number of carboxylic acids is 1. The number of anilines is 1. The standard InChI is InChI=1S/C11H13N3O5S/c12-20(18,19)7-1-2-9(8(4-7)11(16)17)14-6-3-10(15)13-5-6/h1-2,4,6,14H,3,5H2,(H,13,15)(H,16,17)(H2,12,18,19). The molecular formula is C11H13N3O5S. The maximum absolute atomic E-state index is 11.2. The molecule has 0 radical (unpaired) electrons. The van der Waals surface area contributed by atoms with Crippen molar-refractivity contribution in [1.29, 1.82) is 0 Å². The molecule has 1 amide bonds. The van der Waals surface area contributed by atoms with Gasteiger partial charge in [0.1, 0.15) is 0 Å². The van der Waals surface area contributed by atoms with Gasteiger partial charge in [0.25, 0.3) is 0 Å². The highest BCUT2D eigenvalue weighted by Gasteiger charge is 2.23. The van der Waals surface area contributed by atoms with Crippen LogP contribution in [0.25, 0.3) is 0 Å². The van der Waals surface area contributed by atoms with Crippen LogP contribution in [-0.4, -0.2) is 38.0 Å². The molecule has 0 bridgehead atoms. The van der Waals surface area contributed by atoms with Crippen molar-refractivity contribution in [3.05, 3.63) is 23.8 Å². The van der Waals surface area contributed by atoms with Gasteiger partial charge >= 0.3 is 5.97 Å². The van der Waals surface area contributed by atoms with E-state index < -0.39 is 16.0 Å². The van der Waals surface area contributed by atoms with Gasteiger partial charge in [-0.1, -0.05) is 0 Å². The van der Waals surface area contributed by atoms with E-state index >= 15 is 0 Å². The molecule has 1 saturated heterocycles. The van der Waals surface area contributed by atoms with Crippen LogP contribution in [-0.2, 0) is 14.8 Å². The predicted octanol–water partition coefficient (Wildman–Crippen LogP) is -0.667. The summed E-state index contributed by atoms with van der Waals surface area (Å²) >= 11 is 0. The molecule has 1 heterocycles. The van der Waals surface area contributed by atoms with Crippen LogP contribution in [0.1, 0.15) is 16.8 Å². The van der Waals surface area contributed by atoms with Crippen molar-refractivity contribution in [3.8, 4) is 0 Å². The van der Waals surface area contributed by atoms with Crippen molar-refractivity contribution < 1.29 is 23.1 Å². The Hall–Kier alpha value is -2.13. The number of carbonyl (C=O) groups excluding carboxylic acids is 1. The lowest BCUT2D eigenvalue weighted by molar-refractivity contribution is -0.119. The Morgan fingerprint density at radius 1 is 1.45 bits per heavy atom. The number of primary sulfonamides is 1. The lowest BCUT2D eigenvalue weighted by Crippen LogP contribution is -2.24. The molecule has 8 nitrogen and oxygen atoms in total. The van der Waals surface area contributed by atoms with Crippen LogP contribution < -0.4 is 15.8 Å². The molecule has 1 aliphatic heterocycles. The van der Waals surface area contributed by atoms with E-state index in [4.69, 9.17) is 10.2 Å². The fraction of sp³-hybridized carbons (Fsp3) is 0.273. The van der Waals surface area contributed by atoms with Gasteiger partial charge in [-0.05, 0) is 18.2 Å². The largest absolute Gasteiger partial charge is 0.478 e. The number of nitrogens with two attached hydrogens (primary N) is 1. The van der Waals surface area contributed by atoms with Gasteiger partial charge in [-0.3, -0.25) is 4.79 Å². The number of carbonyl (C=O) groups is 2. The number of hydrogen-bond donors (Lipinski definition) is 4. The molecule has 0 saturated carbocycles. The summed E-state index contributed by atoms with van der Waals surface area (Å²) in [5.41, 5.74) is 0.0299. The summed E-state index contributed by atoms with van der Waals surface area (Å²) < 4.78 is 22.4. The molecule has 20 heavy (non-hydrogen) atoms. The van der Waals surface area contributed by atoms with Crippen molar-refractivity contribution in [2.75, 3.05) is 11.9 Å². The molecule has 2 rings (SSSR count). The van der Waals surface area contributed by atoms with Crippen LogP contribution in [0.4, 0.5) is 5.69 Å². The number of nitrogens with one attached hydrogen (secondary N) is 2. The Bertz CT molecular complexity index is 671. The first kappa shape index (κ1) is 14.3. The lowest BCUT2D eigenvalue weighted by Gasteiger charge is -2.15. The van der Waals surface area contributed by atoms with Gasteiger partial charge < -0.3 is 15.7 Å². The van der Waals surface area contributed by atoms with Crippen LogP contribution in [0.3, 0.4) is 0 Å². The van der Waals surface area contributed by atoms with E-state index in [0.29, 0.717) is 6.54 Å². The van der Waals surface area contributed by atoms with E-state index in [1.54, 1.807) is 0 Å². The number of hydrogen-bond acceptors (Lipinski definition) is 5. The van der Waals surface area contributed by atoms with Crippen molar-refractivity contribution in [1.82, 2.24) is 5.32 Å². The quantitative estimate of drug-likeness (QED) is 0.581. The molecule has 9 heteroatoms. The maximum atomic E-state index is 11.2. The van der Waals surface area contributed by atoms with Crippen molar-refractivity contribution >= 4 is 27.6 Å². The topological polar surface area (TPSA) is 139 Å². The SMILES string of the molecule is NS(=O)(=O)c1ccc(NC2CNC(=O)C2)c(C(=O)O)c1. The van der Waals surface area contributed by atoms with Crippen molar-refractivity contribution in [2.45, 2.75) is 17.4 Å². The molecule has 1 aliphatic rings. The van der Waals surface area contributed by atoms with E-state index in [0.717, 1.165) is 6.07 Å². The zero-order valence-electron chi connectivity index (χ0n) is 10.3. The highest BCUT2D eigenvalue weighted by molar-refractivity contribution is 7.89. The Labute approximate surface area is 115 Å². The average Bonchev–Trinajstić information content (AvgIpc) is 2.73. The fourth-order valence-electron chi connectivity index (χ4n) is 1.93. The zero-order chi connectivity index (χ0) is 14.9. The average molecular weight is 299 g/mol. The van der Waals surface area contributed by atoms with Gasteiger partial charge in [-0.2, -0.15) is 0 Å². The van der Waals surface area contributed by atoms with Crippen LogP contribution in [0.2, 0.25) is 0 Å². The summed E-state index contributed by atoms with van der Waals surface area (Å²) in [6.45, 7) is 0.384. The van der Waals surface area contributed by atoms with Gasteiger partial charge in [-0.25, -0.2) is 18.4 Å². The number of sulfonamides is 1. The first-order valence-electron chi connectivity index (χ1n) is 5.71. The molecule has 1 atom stereocenters. The number of amides is 1. The molecule has 1 aromatic carbocycles. The molecule has 1 fully saturated rings. The second-order valence-electron chi connectivity index (χ2n) is 4.41. The monoisotopic (exact) mass is 299 g/mol. The van der Waals surface area contributed by atoms with Crippen LogP contribution >= 0.6 is 0 Å². The predicted molar refractivity (Wildman–Crippen MR) is 69.8 cm³/mol. The molecule has 1 unspecified atom stereocenters. The van der Waals surface area contributed by atoms with E-state index in [2.05, 4.69) is 10.6 Å². The van der Waals surface area contributed by atoms with Crippen molar-refractivity contribution in [3.63, 3.8) is 0 Å². The van der Waals surface area contributed by atoms with E-state index in [9.17, 15) is 18.0 Å². The number of carboxylic acid groups (broad SMARTS) is 1. The third-order valence-electron chi connectivity index (χ3n) is 2.89. The minimum Gasteiger partial charge on any atom is -0.478 e. The molecule has 0 aromatic heterocycles. The van der Waals surface area contributed by atoms with Crippen molar-refractivity contribution in [2.24, 2.45) is 5.14 Å². The molecular weight excluding hydrogens is 286 g/mol. The molecule has 108 valence electrons. The molecule has 0 aliphatic carbocycles. The second kappa shape index (κ2) is 5.10. The maximum Gasteiger partial charge on any atom is 0.337 e. The van der Waals surface area contributed by atoms with Crippen LogP contribution in [0.5, 0.6) is 0 Å². The smallest absolute Gasteiger partial charge is 0.337 e. The van der Waals surface area contributed by atoms with Gasteiger partial charge in [0, 0.05) is 18.7 Å². The molecule has 5 N–H and O–H groups in total. The Morgan fingerprint density at radius 2 is 2.15 bits per heavy atom. The summed E-state index contributed by atoms with van der Waals surface area (Å²) in [5, 5.41) is 19.6. The minimum atomic E-state index is -3.97. The van der Waals surface area contributed by atoms with E-state index in [1.807, 2.05) is 0 Å². The number of benzene rings is 1. The molecule has 0 spiro atoms. The Morgan fingerprint density at radius 3 is 2.65 bits per heavy atom. The first-order chi connectivity index (χ1) is 9.27. The van der Waals surface area contributed by atoms with Gasteiger partial charge in [0.15, 0.2) is 0 Å². The number of aromatic carboxylic acids is 1. The lowest BCUT2D eigenvalue weighted by atomic mass is 10.1. The molecule has 1 aromatic rings. The van der Waals surface area contributed by atoms with Crippen LogP contribution in [0.15, 0.2) is 23.1 Å². The van der Waals surface area contributed by atoms with E-state index in [1.165, 1.54) is 12.1 Å². The van der Waals surface area contributed by atoms with Gasteiger partial charge in [0.2, 0.25) is 15.9 Å². The second-order valence-corrected chi connectivity index (χ2v) is 5.97. The summed E-state index contributed by atoms with van der Waals surface area (Å²) in [7, 11) is -3.97. The highest BCUT2D eigenvalue weighted by atomic mass is 32.2.